The minimum Gasteiger partial charge on any atom is -0.451 e. The van der Waals surface area contributed by atoms with Gasteiger partial charge in [0.25, 0.3) is 5.91 Å². The Kier molecular flexibility index (Phi) is 4.44. The van der Waals surface area contributed by atoms with E-state index >= 15 is 0 Å². The summed E-state index contributed by atoms with van der Waals surface area (Å²) in [5.41, 5.74) is 1.28. The van der Waals surface area contributed by atoms with Crippen molar-refractivity contribution in [2.75, 3.05) is 18.1 Å². The number of aryl methyl sites for hydroxylation is 1. The average Bonchev–Trinajstić information content (AvgIpc) is 3.04. The lowest BCUT2D eigenvalue weighted by molar-refractivity contribution is 0.0689. The number of fused-ring (bicyclic) bond motifs is 1. The highest BCUT2D eigenvalue weighted by Gasteiger charge is 2.36. The average molecular weight is 368 g/mol. The third kappa shape index (κ3) is 3.08. The molecule has 0 saturated carbocycles. The monoisotopic (exact) mass is 367 g/mol. The van der Waals surface area contributed by atoms with Crippen molar-refractivity contribution in [2.45, 2.75) is 19.4 Å². The van der Waals surface area contributed by atoms with Gasteiger partial charge in [-0.1, -0.05) is 17.7 Å². The SMILES string of the molecule is C=CCN(C(=O)c1oc2ccc(Cl)cc2c1C)[C@H]1CCS(=O)(=O)C1. The van der Waals surface area contributed by atoms with Crippen molar-refractivity contribution < 1.29 is 17.6 Å². The maximum atomic E-state index is 13.0. The smallest absolute Gasteiger partial charge is 0.290 e. The minimum absolute atomic E-state index is 0.0162. The number of carbonyl (C=O) groups is 1. The topological polar surface area (TPSA) is 67.6 Å². The molecule has 2 heterocycles. The summed E-state index contributed by atoms with van der Waals surface area (Å²) < 4.78 is 29.2. The highest BCUT2D eigenvalue weighted by atomic mass is 35.5. The molecule has 0 unspecified atom stereocenters. The molecule has 0 N–H and O–H groups in total. The number of hydrogen-bond acceptors (Lipinski definition) is 4. The number of benzene rings is 1. The standard InChI is InChI=1S/C17H18ClNO4S/c1-3-7-19(13-6-8-24(21,22)10-13)17(20)16-11(2)14-9-12(18)4-5-15(14)23-16/h3-5,9,13H,1,6-8,10H2,2H3/t13-/m0/s1. The van der Waals surface area contributed by atoms with Crippen molar-refractivity contribution in [1.82, 2.24) is 4.90 Å². The molecule has 3 rings (SSSR count). The molecule has 1 saturated heterocycles. The van der Waals surface area contributed by atoms with Crippen LogP contribution in [0.25, 0.3) is 11.0 Å². The molecule has 5 nitrogen and oxygen atoms in total. The predicted octanol–water partition coefficient (Wildman–Crippen LogP) is 3.21. The van der Waals surface area contributed by atoms with Gasteiger partial charge in [-0.05, 0) is 31.5 Å². The van der Waals surface area contributed by atoms with Gasteiger partial charge in [0, 0.05) is 28.6 Å². The van der Waals surface area contributed by atoms with Crippen molar-refractivity contribution in [3.05, 3.63) is 47.2 Å². The van der Waals surface area contributed by atoms with E-state index in [-0.39, 0.29) is 35.8 Å². The number of sulfone groups is 1. The molecule has 1 fully saturated rings. The zero-order valence-corrected chi connectivity index (χ0v) is 14.9. The maximum absolute atomic E-state index is 13.0. The number of hydrogen-bond donors (Lipinski definition) is 0. The van der Waals surface area contributed by atoms with Crippen LogP contribution in [-0.4, -0.2) is 43.3 Å². The molecule has 1 amide bonds. The molecule has 0 radical (unpaired) electrons. The summed E-state index contributed by atoms with van der Waals surface area (Å²) in [5, 5.41) is 1.35. The van der Waals surface area contributed by atoms with E-state index in [0.29, 0.717) is 22.6 Å². The third-order valence-corrected chi connectivity index (χ3v) is 6.31. The Hall–Kier alpha value is -1.79. The van der Waals surface area contributed by atoms with Gasteiger partial charge in [0.05, 0.1) is 11.5 Å². The second-order valence-corrected chi connectivity index (χ2v) is 8.66. The fraction of sp³-hybridized carbons (Fsp3) is 0.353. The molecule has 1 aliphatic heterocycles. The molecule has 128 valence electrons. The van der Waals surface area contributed by atoms with Gasteiger partial charge in [0.1, 0.15) is 5.58 Å². The Morgan fingerprint density at radius 3 is 2.88 bits per heavy atom. The number of amides is 1. The van der Waals surface area contributed by atoms with Crippen LogP contribution in [0.5, 0.6) is 0 Å². The summed E-state index contributed by atoms with van der Waals surface area (Å²) >= 11 is 6.01. The molecule has 24 heavy (non-hydrogen) atoms. The highest BCUT2D eigenvalue weighted by Crippen LogP contribution is 2.30. The van der Waals surface area contributed by atoms with Gasteiger partial charge >= 0.3 is 0 Å². The molecule has 1 atom stereocenters. The molecule has 7 heteroatoms. The zero-order valence-electron chi connectivity index (χ0n) is 13.3. The first-order chi connectivity index (χ1) is 11.3. The van der Waals surface area contributed by atoms with E-state index in [4.69, 9.17) is 16.0 Å². The van der Waals surface area contributed by atoms with E-state index in [2.05, 4.69) is 6.58 Å². The van der Waals surface area contributed by atoms with Crippen LogP contribution in [0, 0.1) is 6.92 Å². The van der Waals surface area contributed by atoms with Gasteiger partial charge in [0.2, 0.25) is 0 Å². The van der Waals surface area contributed by atoms with E-state index in [0.717, 1.165) is 5.39 Å². The lowest BCUT2D eigenvalue weighted by Crippen LogP contribution is -2.41. The largest absolute Gasteiger partial charge is 0.451 e. The lowest BCUT2D eigenvalue weighted by atomic mass is 10.1. The van der Waals surface area contributed by atoms with Gasteiger partial charge in [-0.3, -0.25) is 4.79 Å². The minimum atomic E-state index is -3.09. The summed E-state index contributed by atoms with van der Waals surface area (Å²) in [6, 6.07) is 4.83. The van der Waals surface area contributed by atoms with Crippen LogP contribution in [0.3, 0.4) is 0 Å². The molecular formula is C17H18ClNO4S. The number of rotatable bonds is 4. The van der Waals surface area contributed by atoms with Crippen LogP contribution in [-0.2, 0) is 9.84 Å². The van der Waals surface area contributed by atoms with E-state index in [1.807, 2.05) is 0 Å². The number of furan rings is 1. The van der Waals surface area contributed by atoms with Gasteiger partial charge in [-0.15, -0.1) is 6.58 Å². The van der Waals surface area contributed by atoms with Crippen molar-refractivity contribution in [3.63, 3.8) is 0 Å². The first kappa shape index (κ1) is 17.0. The highest BCUT2D eigenvalue weighted by molar-refractivity contribution is 7.91. The number of nitrogens with zero attached hydrogens (tertiary/aromatic N) is 1. The Bertz CT molecular complexity index is 916. The molecule has 0 spiro atoms. The van der Waals surface area contributed by atoms with Crippen molar-refractivity contribution in [1.29, 1.82) is 0 Å². The Labute approximate surface area is 145 Å². The van der Waals surface area contributed by atoms with Gasteiger partial charge < -0.3 is 9.32 Å². The first-order valence-corrected chi connectivity index (χ1v) is 9.83. The summed E-state index contributed by atoms with van der Waals surface area (Å²) in [6.45, 7) is 5.74. The fourth-order valence-electron chi connectivity index (χ4n) is 3.09. The van der Waals surface area contributed by atoms with E-state index < -0.39 is 9.84 Å². The van der Waals surface area contributed by atoms with Crippen molar-refractivity contribution >= 4 is 38.3 Å². The van der Waals surface area contributed by atoms with E-state index in [1.165, 1.54) is 4.90 Å². The quantitative estimate of drug-likeness (QED) is 0.778. The van der Waals surface area contributed by atoms with Crippen LogP contribution in [0.2, 0.25) is 5.02 Å². The Morgan fingerprint density at radius 2 is 2.25 bits per heavy atom. The normalized spacial score (nSPS) is 19.5. The third-order valence-electron chi connectivity index (χ3n) is 4.33. The summed E-state index contributed by atoms with van der Waals surface area (Å²) in [7, 11) is -3.09. The van der Waals surface area contributed by atoms with Crippen LogP contribution in [0.1, 0.15) is 22.5 Å². The van der Waals surface area contributed by atoms with E-state index in [9.17, 15) is 13.2 Å². The van der Waals surface area contributed by atoms with Crippen LogP contribution in [0.4, 0.5) is 0 Å². The Balaban J connectivity index is 1.99. The number of halogens is 1. The zero-order chi connectivity index (χ0) is 17.5. The molecule has 1 aromatic heterocycles. The predicted molar refractivity (Wildman–Crippen MR) is 94.3 cm³/mol. The van der Waals surface area contributed by atoms with E-state index in [1.54, 1.807) is 31.2 Å². The van der Waals surface area contributed by atoms with Crippen molar-refractivity contribution in [2.24, 2.45) is 0 Å². The van der Waals surface area contributed by atoms with Crippen LogP contribution < -0.4 is 0 Å². The van der Waals surface area contributed by atoms with Gasteiger partial charge in [-0.2, -0.15) is 0 Å². The second-order valence-electron chi connectivity index (χ2n) is 6.00. The summed E-state index contributed by atoms with van der Waals surface area (Å²) in [5.74, 6) is -0.00871. The Morgan fingerprint density at radius 1 is 1.50 bits per heavy atom. The van der Waals surface area contributed by atoms with Gasteiger partial charge in [0.15, 0.2) is 15.6 Å². The lowest BCUT2D eigenvalue weighted by Gasteiger charge is -2.26. The fourth-order valence-corrected chi connectivity index (χ4v) is 4.99. The first-order valence-electron chi connectivity index (χ1n) is 7.63. The van der Waals surface area contributed by atoms with Gasteiger partial charge in [-0.25, -0.2) is 8.42 Å². The molecule has 1 aliphatic rings. The van der Waals surface area contributed by atoms with Crippen molar-refractivity contribution in [3.8, 4) is 0 Å². The molecule has 1 aromatic carbocycles. The maximum Gasteiger partial charge on any atom is 0.290 e. The summed E-state index contributed by atoms with van der Waals surface area (Å²) in [6.07, 6.45) is 2.03. The number of carbonyl (C=O) groups excluding carboxylic acids is 1. The van der Waals surface area contributed by atoms with Crippen LogP contribution in [0.15, 0.2) is 35.3 Å². The second kappa shape index (κ2) is 6.26. The molecule has 0 aliphatic carbocycles. The van der Waals surface area contributed by atoms with Crippen LogP contribution >= 0.6 is 11.6 Å². The molecule has 2 aromatic rings. The molecular weight excluding hydrogens is 350 g/mol. The summed E-state index contributed by atoms with van der Waals surface area (Å²) in [4.78, 5) is 14.5. The molecule has 0 bridgehead atoms.